The second-order valence-electron chi connectivity index (χ2n) is 6.66. The smallest absolute Gasteiger partial charge is 0.227 e. The van der Waals surface area contributed by atoms with Gasteiger partial charge in [0.25, 0.3) is 0 Å². The Kier molecular flexibility index (Phi) is 3.71. The molecule has 3 aliphatic rings. The Balaban J connectivity index is 1.64. The number of carbonyl (C=O) groups excluding carboxylic acids is 2. The van der Waals surface area contributed by atoms with Crippen molar-refractivity contribution in [2.45, 2.75) is 51.1 Å². The predicted molar refractivity (Wildman–Crippen MR) is 75.8 cm³/mol. The first-order chi connectivity index (χ1) is 9.58. The van der Waals surface area contributed by atoms with Crippen LogP contribution in [0.1, 0.15) is 39.0 Å². The molecule has 2 aliphatic heterocycles. The van der Waals surface area contributed by atoms with Gasteiger partial charge in [-0.25, -0.2) is 0 Å². The average molecular weight is 279 g/mol. The molecule has 0 spiro atoms. The zero-order valence-electron chi connectivity index (χ0n) is 12.3. The zero-order chi connectivity index (χ0) is 14.3. The van der Waals surface area contributed by atoms with Gasteiger partial charge in [0, 0.05) is 38.1 Å². The molecule has 0 aromatic heterocycles. The van der Waals surface area contributed by atoms with Crippen molar-refractivity contribution in [2.75, 3.05) is 19.6 Å². The Hall–Kier alpha value is -1.10. The third-order valence-electron chi connectivity index (χ3n) is 5.42. The summed E-state index contributed by atoms with van der Waals surface area (Å²) in [6, 6.07) is 0.247. The zero-order valence-corrected chi connectivity index (χ0v) is 12.3. The van der Waals surface area contributed by atoms with Crippen molar-refractivity contribution in [1.29, 1.82) is 0 Å². The lowest BCUT2D eigenvalue weighted by Gasteiger charge is -2.41. The van der Waals surface area contributed by atoms with E-state index in [4.69, 9.17) is 5.73 Å². The molecule has 112 valence electrons. The van der Waals surface area contributed by atoms with Crippen LogP contribution in [0.2, 0.25) is 0 Å². The molecule has 0 aromatic rings. The fraction of sp³-hybridized carbons (Fsp3) is 0.867. The molecule has 2 saturated heterocycles. The summed E-state index contributed by atoms with van der Waals surface area (Å²) in [6.45, 7) is 4.24. The fourth-order valence-electron chi connectivity index (χ4n) is 4.03. The summed E-state index contributed by atoms with van der Waals surface area (Å²) in [4.78, 5) is 28.3. The molecule has 5 nitrogen and oxygen atoms in total. The van der Waals surface area contributed by atoms with Gasteiger partial charge in [-0.1, -0.05) is 13.3 Å². The van der Waals surface area contributed by atoms with Gasteiger partial charge in [0.05, 0.1) is 5.92 Å². The SMILES string of the molecule is CC1CCCC(C(=O)N2CCN3C(=O)CCC3C2)C1N. The van der Waals surface area contributed by atoms with E-state index in [1.807, 2.05) is 9.80 Å². The van der Waals surface area contributed by atoms with Crippen LogP contribution in [0, 0.1) is 11.8 Å². The largest absolute Gasteiger partial charge is 0.339 e. The molecule has 0 bridgehead atoms. The summed E-state index contributed by atoms with van der Waals surface area (Å²) in [5, 5.41) is 0. The van der Waals surface area contributed by atoms with Gasteiger partial charge in [-0.3, -0.25) is 9.59 Å². The number of amides is 2. The van der Waals surface area contributed by atoms with E-state index < -0.39 is 0 Å². The number of nitrogens with two attached hydrogens (primary N) is 1. The molecule has 0 aromatic carbocycles. The summed E-state index contributed by atoms with van der Waals surface area (Å²) in [7, 11) is 0. The van der Waals surface area contributed by atoms with Crippen molar-refractivity contribution in [1.82, 2.24) is 9.80 Å². The standard InChI is InChI=1S/C15H25N3O2/c1-10-3-2-4-12(14(10)16)15(20)17-7-8-18-11(9-17)5-6-13(18)19/h10-12,14H,2-9,16H2,1H3. The van der Waals surface area contributed by atoms with E-state index >= 15 is 0 Å². The number of carbonyl (C=O) groups is 2. The molecule has 4 unspecified atom stereocenters. The third kappa shape index (κ3) is 2.32. The monoisotopic (exact) mass is 279 g/mol. The van der Waals surface area contributed by atoms with Crippen LogP contribution in [0.25, 0.3) is 0 Å². The van der Waals surface area contributed by atoms with Crippen molar-refractivity contribution in [3.05, 3.63) is 0 Å². The van der Waals surface area contributed by atoms with Gasteiger partial charge in [0.2, 0.25) is 11.8 Å². The van der Waals surface area contributed by atoms with Crippen LogP contribution in [0.4, 0.5) is 0 Å². The minimum Gasteiger partial charge on any atom is -0.339 e. The van der Waals surface area contributed by atoms with E-state index in [1.165, 1.54) is 0 Å². The summed E-state index contributed by atoms with van der Waals surface area (Å²) >= 11 is 0. The van der Waals surface area contributed by atoms with E-state index in [2.05, 4.69) is 6.92 Å². The second-order valence-corrected chi connectivity index (χ2v) is 6.66. The number of rotatable bonds is 1. The van der Waals surface area contributed by atoms with Crippen molar-refractivity contribution >= 4 is 11.8 Å². The topological polar surface area (TPSA) is 66.6 Å². The molecule has 5 heteroatoms. The van der Waals surface area contributed by atoms with E-state index in [0.717, 1.165) is 25.7 Å². The van der Waals surface area contributed by atoms with Crippen molar-refractivity contribution in [3.8, 4) is 0 Å². The van der Waals surface area contributed by atoms with E-state index in [-0.39, 0.29) is 29.8 Å². The molecular weight excluding hydrogens is 254 g/mol. The molecule has 2 N–H and O–H groups in total. The first-order valence-electron chi connectivity index (χ1n) is 7.91. The van der Waals surface area contributed by atoms with Gasteiger partial charge >= 0.3 is 0 Å². The van der Waals surface area contributed by atoms with Crippen molar-refractivity contribution in [2.24, 2.45) is 17.6 Å². The van der Waals surface area contributed by atoms with Crippen molar-refractivity contribution < 1.29 is 9.59 Å². The molecule has 0 radical (unpaired) electrons. The van der Waals surface area contributed by atoms with Crippen LogP contribution < -0.4 is 5.73 Å². The molecule has 1 saturated carbocycles. The lowest BCUT2D eigenvalue weighted by atomic mass is 9.77. The van der Waals surface area contributed by atoms with Gasteiger partial charge in [-0.2, -0.15) is 0 Å². The van der Waals surface area contributed by atoms with Crippen LogP contribution in [-0.4, -0.2) is 53.3 Å². The molecular formula is C15H25N3O2. The molecule has 20 heavy (non-hydrogen) atoms. The summed E-state index contributed by atoms with van der Waals surface area (Å²) in [6.07, 6.45) is 4.71. The minimum absolute atomic E-state index is 0.000473. The van der Waals surface area contributed by atoms with Crippen LogP contribution in [0.3, 0.4) is 0 Å². The summed E-state index contributed by atoms with van der Waals surface area (Å²) < 4.78 is 0. The van der Waals surface area contributed by atoms with Crippen LogP contribution in [0.5, 0.6) is 0 Å². The van der Waals surface area contributed by atoms with E-state index in [0.29, 0.717) is 32.0 Å². The van der Waals surface area contributed by atoms with E-state index in [1.54, 1.807) is 0 Å². The van der Waals surface area contributed by atoms with Crippen LogP contribution >= 0.6 is 0 Å². The Morgan fingerprint density at radius 1 is 1.25 bits per heavy atom. The van der Waals surface area contributed by atoms with Crippen LogP contribution in [-0.2, 0) is 9.59 Å². The number of nitrogens with zero attached hydrogens (tertiary/aromatic N) is 2. The lowest BCUT2D eigenvalue weighted by molar-refractivity contribution is -0.143. The van der Waals surface area contributed by atoms with Gasteiger partial charge in [-0.05, 0) is 25.2 Å². The average Bonchev–Trinajstić information content (AvgIpc) is 2.82. The maximum atomic E-state index is 12.7. The van der Waals surface area contributed by atoms with Gasteiger partial charge in [0.1, 0.15) is 0 Å². The number of hydrogen-bond donors (Lipinski definition) is 1. The predicted octanol–water partition coefficient (Wildman–Crippen LogP) is 0.583. The number of hydrogen-bond acceptors (Lipinski definition) is 3. The Morgan fingerprint density at radius 3 is 2.85 bits per heavy atom. The van der Waals surface area contributed by atoms with Gasteiger partial charge in [0.15, 0.2) is 0 Å². The van der Waals surface area contributed by atoms with Gasteiger partial charge in [-0.15, -0.1) is 0 Å². The molecule has 3 fully saturated rings. The van der Waals surface area contributed by atoms with E-state index in [9.17, 15) is 9.59 Å². The second kappa shape index (κ2) is 5.35. The highest BCUT2D eigenvalue weighted by Crippen LogP contribution is 2.31. The molecule has 1 aliphatic carbocycles. The lowest BCUT2D eigenvalue weighted by Crippen LogP contribution is -2.57. The fourth-order valence-corrected chi connectivity index (χ4v) is 4.03. The maximum Gasteiger partial charge on any atom is 0.227 e. The normalized spacial score (nSPS) is 38.0. The summed E-state index contributed by atoms with van der Waals surface area (Å²) in [5.74, 6) is 0.905. The number of fused-ring (bicyclic) bond motifs is 1. The summed E-state index contributed by atoms with van der Waals surface area (Å²) in [5.41, 5.74) is 6.25. The Labute approximate surface area is 120 Å². The Morgan fingerprint density at radius 2 is 2.05 bits per heavy atom. The quantitative estimate of drug-likeness (QED) is 0.763. The molecule has 4 atom stereocenters. The molecule has 2 heterocycles. The van der Waals surface area contributed by atoms with Gasteiger partial charge < -0.3 is 15.5 Å². The minimum atomic E-state index is -0.0117. The first kappa shape index (κ1) is 13.9. The first-order valence-corrected chi connectivity index (χ1v) is 7.91. The Bertz CT molecular complexity index is 412. The van der Waals surface area contributed by atoms with Crippen LogP contribution in [0.15, 0.2) is 0 Å². The maximum absolute atomic E-state index is 12.7. The van der Waals surface area contributed by atoms with Crippen molar-refractivity contribution in [3.63, 3.8) is 0 Å². The molecule has 3 rings (SSSR count). The number of piperazine rings is 1. The third-order valence-corrected chi connectivity index (χ3v) is 5.42. The highest BCUT2D eigenvalue weighted by Gasteiger charge is 2.40. The molecule has 2 amide bonds. The highest BCUT2D eigenvalue weighted by molar-refractivity contribution is 5.82. The highest BCUT2D eigenvalue weighted by atomic mass is 16.2.